The van der Waals surface area contributed by atoms with Crippen LogP contribution in [0.15, 0.2) is 18.2 Å². The van der Waals surface area contributed by atoms with Gasteiger partial charge in [0.25, 0.3) is 0 Å². The molecule has 3 nitrogen and oxygen atoms in total. The summed E-state index contributed by atoms with van der Waals surface area (Å²) in [6, 6.07) is 5.68. The zero-order valence-corrected chi connectivity index (χ0v) is 10.4. The summed E-state index contributed by atoms with van der Waals surface area (Å²) in [5, 5.41) is 0.752. The summed E-state index contributed by atoms with van der Waals surface area (Å²) in [5.41, 5.74) is 7.88. The van der Waals surface area contributed by atoms with Crippen LogP contribution in [0.4, 0.5) is 11.4 Å². The third-order valence-corrected chi connectivity index (χ3v) is 3.29. The highest BCUT2D eigenvalue weighted by Gasteiger charge is 2.14. The average Bonchev–Trinajstić information content (AvgIpc) is 2.47. The third-order valence-electron chi connectivity index (χ3n) is 3.05. The first-order chi connectivity index (χ1) is 7.66. The van der Waals surface area contributed by atoms with Gasteiger partial charge in [-0.15, -0.1) is 0 Å². The van der Waals surface area contributed by atoms with Crippen LogP contribution >= 0.6 is 11.6 Å². The highest BCUT2D eigenvalue weighted by molar-refractivity contribution is 6.31. The molecule has 2 N–H and O–H groups in total. The van der Waals surface area contributed by atoms with E-state index in [9.17, 15) is 0 Å². The van der Waals surface area contributed by atoms with E-state index in [1.165, 1.54) is 6.42 Å². The van der Waals surface area contributed by atoms with Crippen molar-refractivity contribution in [2.24, 2.45) is 0 Å². The van der Waals surface area contributed by atoms with Gasteiger partial charge in [-0.05, 0) is 38.2 Å². The molecule has 2 rings (SSSR count). The standard InChI is InChI=1S/C12H18ClN3/c1-15-5-2-6-16(8-7-15)12-9-10(13)3-4-11(12)14/h3-4,9H,2,5-8,14H2,1H3. The molecule has 1 aliphatic heterocycles. The van der Waals surface area contributed by atoms with E-state index in [2.05, 4.69) is 16.8 Å². The van der Waals surface area contributed by atoms with Crippen LogP contribution in [0.2, 0.25) is 5.02 Å². The minimum absolute atomic E-state index is 0.752. The van der Waals surface area contributed by atoms with Gasteiger partial charge in [0.15, 0.2) is 0 Å². The van der Waals surface area contributed by atoms with E-state index in [0.29, 0.717) is 0 Å². The Morgan fingerprint density at radius 3 is 2.81 bits per heavy atom. The second kappa shape index (κ2) is 4.93. The molecule has 0 unspecified atom stereocenters. The smallest absolute Gasteiger partial charge is 0.0615 e. The van der Waals surface area contributed by atoms with Crippen LogP contribution in [0.5, 0.6) is 0 Å². The van der Waals surface area contributed by atoms with Crippen LogP contribution < -0.4 is 10.6 Å². The zero-order chi connectivity index (χ0) is 11.5. The quantitative estimate of drug-likeness (QED) is 0.762. The van der Waals surface area contributed by atoms with Gasteiger partial charge in [-0.1, -0.05) is 11.6 Å². The lowest BCUT2D eigenvalue weighted by Gasteiger charge is -2.24. The van der Waals surface area contributed by atoms with Crippen molar-refractivity contribution in [2.45, 2.75) is 6.42 Å². The third kappa shape index (κ3) is 2.60. The number of rotatable bonds is 1. The molecule has 88 valence electrons. The van der Waals surface area contributed by atoms with E-state index < -0.39 is 0 Å². The summed E-state index contributed by atoms with van der Waals surface area (Å²) in [4.78, 5) is 4.67. The molecule has 1 aromatic rings. The molecule has 0 radical (unpaired) electrons. The molecule has 0 aromatic heterocycles. The number of hydrogen-bond donors (Lipinski definition) is 1. The number of nitrogen functional groups attached to an aromatic ring is 1. The maximum Gasteiger partial charge on any atom is 0.0615 e. The van der Waals surface area contributed by atoms with Gasteiger partial charge in [-0.2, -0.15) is 0 Å². The number of benzene rings is 1. The Balaban J connectivity index is 2.19. The van der Waals surface area contributed by atoms with E-state index in [4.69, 9.17) is 17.3 Å². The first-order valence-corrected chi connectivity index (χ1v) is 6.03. The van der Waals surface area contributed by atoms with Gasteiger partial charge < -0.3 is 15.5 Å². The Bertz CT molecular complexity index is 367. The lowest BCUT2D eigenvalue weighted by atomic mass is 10.2. The van der Waals surface area contributed by atoms with Crippen molar-refractivity contribution in [3.8, 4) is 0 Å². The average molecular weight is 240 g/mol. The van der Waals surface area contributed by atoms with Gasteiger partial charge >= 0.3 is 0 Å². The molecule has 1 aromatic carbocycles. The molecule has 1 saturated heterocycles. The SMILES string of the molecule is CN1CCCN(c2cc(Cl)ccc2N)CC1. The van der Waals surface area contributed by atoms with Gasteiger partial charge in [0.05, 0.1) is 11.4 Å². The molecular formula is C12H18ClN3. The molecule has 16 heavy (non-hydrogen) atoms. The van der Waals surface area contributed by atoms with Gasteiger partial charge in [-0.3, -0.25) is 0 Å². The molecule has 0 saturated carbocycles. The molecule has 0 amide bonds. The minimum atomic E-state index is 0.752. The van der Waals surface area contributed by atoms with Crippen LogP contribution in [-0.2, 0) is 0 Å². The first-order valence-electron chi connectivity index (χ1n) is 5.65. The predicted octanol–water partition coefficient (Wildman–Crippen LogP) is 2.06. The van der Waals surface area contributed by atoms with Gasteiger partial charge in [-0.25, -0.2) is 0 Å². The van der Waals surface area contributed by atoms with Crippen LogP contribution in [0, 0.1) is 0 Å². The predicted molar refractivity (Wildman–Crippen MR) is 70.2 cm³/mol. The Morgan fingerprint density at radius 1 is 1.19 bits per heavy atom. The van der Waals surface area contributed by atoms with Crippen molar-refractivity contribution in [3.63, 3.8) is 0 Å². The largest absolute Gasteiger partial charge is 0.397 e. The summed E-state index contributed by atoms with van der Waals surface area (Å²) >= 11 is 6.01. The molecule has 0 aliphatic carbocycles. The molecule has 0 atom stereocenters. The molecular weight excluding hydrogens is 222 g/mol. The van der Waals surface area contributed by atoms with Crippen LogP contribution in [0.25, 0.3) is 0 Å². The van der Waals surface area contributed by atoms with Crippen molar-refractivity contribution >= 4 is 23.0 Å². The monoisotopic (exact) mass is 239 g/mol. The maximum absolute atomic E-state index is 6.01. The van der Waals surface area contributed by atoms with Crippen LogP contribution in [-0.4, -0.2) is 38.1 Å². The van der Waals surface area contributed by atoms with Crippen molar-refractivity contribution in [2.75, 3.05) is 43.9 Å². The van der Waals surface area contributed by atoms with Gasteiger partial charge in [0.1, 0.15) is 0 Å². The lowest BCUT2D eigenvalue weighted by molar-refractivity contribution is 0.360. The van der Waals surface area contributed by atoms with Gasteiger partial charge in [0, 0.05) is 24.7 Å². The minimum Gasteiger partial charge on any atom is -0.397 e. The summed E-state index contributed by atoms with van der Waals surface area (Å²) in [7, 11) is 2.16. The van der Waals surface area contributed by atoms with Crippen molar-refractivity contribution in [1.82, 2.24) is 4.90 Å². The molecule has 1 aliphatic rings. The Hall–Kier alpha value is -0.930. The number of likely N-dealkylation sites (N-methyl/N-ethyl adjacent to an activating group) is 1. The second-order valence-electron chi connectivity index (χ2n) is 4.35. The summed E-state index contributed by atoms with van der Waals surface area (Å²) in [6.45, 7) is 4.29. The van der Waals surface area contributed by atoms with E-state index >= 15 is 0 Å². The Labute approximate surface area is 102 Å². The van der Waals surface area contributed by atoms with Crippen molar-refractivity contribution in [3.05, 3.63) is 23.2 Å². The molecule has 0 spiro atoms. The normalized spacial score (nSPS) is 18.5. The molecule has 0 bridgehead atoms. The summed E-state index contributed by atoms with van der Waals surface area (Å²) in [6.07, 6.45) is 1.17. The number of hydrogen-bond acceptors (Lipinski definition) is 3. The highest BCUT2D eigenvalue weighted by atomic mass is 35.5. The van der Waals surface area contributed by atoms with Crippen LogP contribution in [0.3, 0.4) is 0 Å². The second-order valence-corrected chi connectivity index (χ2v) is 4.78. The van der Waals surface area contributed by atoms with E-state index in [0.717, 1.165) is 42.6 Å². The fourth-order valence-electron chi connectivity index (χ4n) is 2.08. The van der Waals surface area contributed by atoms with E-state index in [1.54, 1.807) is 0 Å². The molecule has 1 heterocycles. The number of nitrogens with zero attached hydrogens (tertiary/aromatic N) is 2. The lowest BCUT2D eigenvalue weighted by Crippen LogP contribution is -2.29. The number of anilines is 2. The van der Waals surface area contributed by atoms with Gasteiger partial charge in [0.2, 0.25) is 0 Å². The fraction of sp³-hybridized carbons (Fsp3) is 0.500. The summed E-state index contributed by atoms with van der Waals surface area (Å²) < 4.78 is 0. The molecule has 1 fully saturated rings. The van der Waals surface area contributed by atoms with E-state index in [-0.39, 0.29) is 0 Å². The Kier molecular flexibility index (Phi) is 3.56. The van der Waals surface area contributed by atoms with Crippen molar-refractivity contribution in [1.29, 1.82) is 0 Å². The first kappa shape index (κ1) is 11.6. The van der Waals surface area contributed by atoms with Crippen LogP contribution in [0.1, 0.15) is 6.42 Å². The highest BCUT2D eigenvalue weighted by Crippen LogP contribution is 2.27. The maximum atomic E-state index is 6.01. The van der Waals surface area contributed by atoms with E-state index in [1.807, 2.05) is 18.2 Å². The fourth-order valence-corrected chi connectivity index (χ4v) is 2.24. The topological polar surface area (TPSA) is 32.5 Å². The number of nitrogens with two attached hydrogens (primary N) is 1. The number of halogens is 1. The van der Waals surface area contributed by atoms with Crippen molar-refractivity contribution < 1.29 is 0 Å². The Morgan fingerprint density at radius 2 is 2.00 bits per heavy atom. The zero-order valence-electron chi connectivity index (χ0n) is 9.62. The molecule has 4 heteroatoms. The summed E-state index contributed by atoms with van der Waals surface area (Å²) in [5.74, 6) is 0.